The Hall–Kier alpha value is -1.64. The quantitative estimate of drug-likeness (QED) is 0.879. The van der Waals surface area contributed by atoms with E-state index in [2.05, 4.69) is 26.6 Å². The van der Waals surface area contributed by atoms with Crippen LogP contribution in [0.2, 0.25) is 0 Å². The molecule has 0 aliphatic carbocycles. The second kappa shape index (κ2) is 7.08. The molecule has 1 N–H and O–H groups in total. The molecule has 3 heterocycles. The van der Waals surface area contributed by atoms with Gasteiger partial charge in [0, 0.05) is 31.1 Å². The lowest BCUT2D eigenvalue weighted by molar-refractivity contribution is 0.313. The van der Waals surface area contributed by atoms with Crippen molar-refractivity contribution in [3.05, 3.63) is 35.3 Å². The highest BCUT2D eigenvalue weighted by Gasteiger charge is 2.18. The molecule has 6 nitrogen and oxygen atoms in total. The number of thiophene rings is 1. The van der Waals surface area contributed by atoms with E-state index in [4.69, 9.17) is 0 Å². The van der Waals surface area contributed by atoms with Crippen molar-refractivity contribution in [1.82, 2.24) is 9.88 Å². The minimum Gasteiger partial charge on any atom is -0.368 e. The summed E-state index contributed by atoms with van der Waals surface area (Å²) in [7, 11) is -1.45. The second-order valence-corrected chi connectivity index (χ2v) is 8.95. The fraction of sp³-hybridized carbons (Fsp3) is 0.438. The Morgan fingerprint density at radius 2 is 1.92 bits per heavy atom. The van der Waals surface area contributed by atoms with Crippen molar-refractivity contribution in [2.45, 2.75) is 17.6 Å². The van der Waals surface area contributed by atoms with Gasteiger partial charge < -0.3 is 9.80 Å². The van der Waals surface area contributed by atoms with Gasteiger partial charge in [0.1, 0.15) is 10.0 Å². The Kier molecular flexibility index (Phi) is 5.07. The molecule has 0 radical (unpaired) electrons. The molecule has 0 atom stereocenters. The smallest absolute Gasteiger partial charge is 0.272 e. The van der Waals surface area contributed by atoms with Gasteiger partial charge in [-0.15, -0.1) is 11.3 Å². The van der Waals surface area contributed by atoms with Crippen molar-refractivity contribution in [2.75, 3.05) is 42.8 Å². The van der Waals surface area contributed by atoms with Crippen molar-refractivity contribution < 1.29 is 8.42 Å². The summed E-state index contributed by atoms with van der Waals surface area (Å²) in [5, 5.41) is 0. The number of rotatable bonds is 5. The zero-order chi connectivity index (χ0) is 17.2. The van der Waals surface area contributed by atoms with Gasteiger partial charge in [-0.25, -0.2) is 13.4 Å². The van der Waals surface area contributed by atoms with Crippen LogP contribution in [-0.2, 0) is 16.4 Å². The van der Waals surface area contributed by atoms with Gasteiger partial charge in [0.05, 0.1) is 11.9 Å². The lowest BCUT2D eigenvalue weighted by Gasteiger charge is -2.33. The van der Waals surface area contributed by atoms with Crippen molar-refractivity contribution in [1.29, 1.82) is 0 Å². The van der Waals surface area contributed by atoms with Crippen LogP contribution in [0, 0.1) is 0 Å². The number of anilines is 2. The van der Waals surface area contributed by atoms with Crippen molar-refractivity contribution >= 4 is 32.9 Å². The Balaban J connectivity index is 1.69. The molecule has 8 heteroatoms. The van der Waals surface area contributed by atoms with E-state index in [9.17, 15) is 8.42 Å². The summed E-state index contributed by atoms with van der Waals surface area (Å²) < 4.78 is 27.7. The number of nitrogens with one attached hydrogen (secondary N) is 1. The molecule has 0 spiro atoms. The number of sulfonamides is 1. The Bertz CT molecular complexity index is 779. The Labute approximate surface area is 147 Å². The van der Waals surface area contributed by atoms with Crippen LogP contribution in [0.5, 0.6) is 0 Å². The standard InChI is InChI=1S/C16H22N4O2S2/c1-3-14-5-7-16(23-14)24(21,22)18-15-6-4-13(12-17-15)20-10-8-19(2)9-11-20/h4-7,12H,3,8-11H2,1-2H3,(H,17,18). The molecule has 0 unspecified atom stereocenters. The van der Waals surface area contributed by atoms with Crippen LogP contribution in [0.15, 0.2) is 34.7 Å². The summed E-state index contributed by atoms with van der Waals surface area (Å²) in [6.45, 7) is 5.96. The van der Waals surface area contributed by atoms with E-state index < -0.39 is 10.0 Å². The van der Waals surface area contributed by atoms with Gasteiger partial charge in [-0.05, 0) is 37.7 Å². The first-order valence-electron chi connectivity index (χ1n) is 7.99. The average Bonchev–Trinajstić information content (AvgIpc) is 3.06. The van der Waals surface area contributed by atoms with Crippen molar-refractivity contribution in [3.63, 3.8) is 0 Å². The van der Waals surface area contributed by atoms with E-state index in [1.807, 2.05) is 19.1 Å². The fourth-order valence-corrected chi connectivity index (χ4v) is 4.88. The highest BCUT2D eigenvalue weighted by atomic mass is 32.2. The summed E-state index contributed by atoms with van der Waals surface area (Å²) in [6.07, 6.45) is 2.56. The fourth-order valence-electron chi connectivity index (χ4n) is 2.58. The van der Waals surface area contributed by atoms with Gasteiger partial charge >= 0.3 is 0 Å². The van der Waals surface area contributed by atoms with Gasteiger partial charge in [-0.1, -0.05) is 6.92 Å². The van der Waals surface area contributed by atoms with Gasteiger partial charge in [-0.2, -0.15) is 0 Å². The SMILES string of the molecule is CCc1ccc(S(=O)(=O)Nc2ccc(N3CCN(C)CC3)cn2)s1. The zero-order valence-corrected chi connectivity index (χ0v) is 15.5. The average molecular weight is 367 g/mol. The van der Waals surface area contributed by atoms with Crippen LogP contribution < -0.4 is 9.62 Å². The van der Waals surface area contributed by atoms with Crippen LogP contribution >= 0.6 is 11.3 Å². The van der Waals surface area contributed by atoms with E-state index in [0.29, 0.717) is 10.0 Å². The maximum Gasteiger partial charge on any atom is 0.272 e. The molecule has 1 fully saturated rings. The van der Waals surface area contributed by atoms with Crippen LogP contribution in [0.4, 0.5) is 11.5 Å². The van der Waals surface area contributed by atoms with E-state index in [1.165, 1.54) is 11.3 Å². The number of aryl methyl sites for hydroxylation is 1. The highest BCUT2D eigenvalue weighted by Crippen LogP contribution is 2.24. The predicted octanol–water partition coefficient (Wildman–Crippen LogP) is 2.26. The Morgan fingerprint density at radius 3 is 2.50 bits per heavy atom. The summed E-state index contributed by atoms with van der Waals surface area (Å²) >= 11 is 1.29. The molecular formula is C16H22N4O2S2. The van der Waals surface area contributed by atoms with Gasteiger partial charge in [0.2, 0.25) is 0 Å². The number of hydrogen-bond donors (Lipinski definition) is 1. The molecular weight excluding hydrogens is 344 g/mol. The summed E-state index contributed by atoms with van der Waals surface area (Å²) in [5.74, 6) is 0.347. The molecule has 0 bridgehead atoms. The summed E-state index contributed by atoms with van der Waals surface area (Å²) in [4.78, 5) is 9.87. The van der Waals surface area contributed by atoms with Crippen LogP contribution in [0.1, 0.15) is 11.8 Å². The number of hydrogen-bond acceptors (Lipinski definition) is 6. The third kappa shape index (κ3) is 3.88. The minimum absolute atomic E-state index is 0.323. The van der Waals surface area contributed by atoms with Crippen LogP contribution in [0.25, 0.3) is 0 Å². The number of likely N-dealkylation sites (N-methyl/N-ethyl adjacent to an activating group) is 1. The predicted molar refractivity (Wildman–Crippen MR) is 98.5 cm³/mol. The number of aromatic nitrogens is 1. The van der Waals surface area contributed by atoms with Crippen LogP contribution in [-0.4, -0.2) is 51.5 Å². The lowest BCUT2D eigenvalue weighted by Crippen LogP contribution is -2.44. The normalized spacial score (nSPS) is 16.3. The van der Waals surface area contributed by atoms with Gasteiger partial charge in [0.15, 0.2) is 0 Å². The molecule has 130 valence electrons. The highest BCUT2D eigenvalue weighted by molar-refractivity contribution is 7.94. The third-order valence-electron chi connectivity index (χ3n) is 4.11. The molecule has 24 heavy (non-hydrogen) atoms. The maximum atomic E-state index is 12.4. The molecule has 0 amide bonds. The number of piperazine rings is 1. The number of pyridine rings is 1. The molecule has 3 rings (SSSR count). The molecule has 2 aromatic rings. The molecule has 0 aromatic carbocycles. The van der Waals surface area contributed by atoms with Gasteiger partial charge in [0.25, 0.3) is 10.0 Å². The van der Waals surface area contributed by atoms with E-state index in [-0.39, 0.29) is 0 Å². The Morgan fingerprint density at radius 1 is 1.17 bits per heavy atom. The first-order valence-corrected chi connectivity index (χ1v) is 10.3. The summed E-state index contributed by atoms with van der Waals surface area (Å²) in [5.41, 5.74) is 1.02. The maximum absolute atomic E-state index is 12.4. The van der Waals surface area contributed by atoms with Crippen LogP contribution in [0.3, 0.4) is 0 Å². The lowest BCUT2D eigenvalue weighted by atomic mass is 10.3. The van der Waals surface area contributed by atoms with E-state index in [1.54, 1.807) is 18.3 Å². The largest absolute Gasteiger partial charge is 0.368 e. The molecule has 1 aliphatic rings. The molecule has 2 aromatic heterocycles. The van der Waals surface area contributed by atoms with E-state index in [0.717, 1.165) is 43.2 Å². The minimum atomic E-state index is -3.56. The number of nitrogens with zero attached hydrogens (tertiary/aromatic N) is 3. The molecule has 1 saturated heterocycles. The van der Waals surface area contributed by atoms with E-state index >= 15 is 0 Å². The monoisotopic (exact) mass is 366 g/mol. The first kappa shape index (κ1) is 17.2. The third-order valence-corrected chi connectivity index (χ3v) is 7.18. The molecule has 0 saturated carbocycles. The second-order valence-electron chi connectivity index (χ2n) is 5.87. The zero-order valence-electron chi connectivity index (χ0n) is 13.9. The summed E-state index contributed by atoms with van der Waals surface area (Å²) in [6, 6.07) is 7.13. The van der Waals surface area contributed by atoms with Gasteiger partial charge in [-0.3, -0.25) is 4.72 Å². The molecule has 1 aliphatic heterocycles. The van der Waals surface area contributed by atoms with Crippen molar-refractivity contribution in [3.8, 4) is 0 Å². The van der Waals surface area contributed by atoms with Crippen molar-refractivity contribution in [2.24, 2.45) is 0 Å². The topological polar surface area (TPSA) is 65.5 Å². The first-order chi connectivity index (χ1) is 11.5.